The van der Waals surface area contributed by atoms with E-state index in [0.29, 0.717) is 17.0 Å². The zero-order valence-electron chi connectivity index (χ0n) is 19.0. The number of nitrogens with zero attached hydrogens (tertiary/aromatic N) is 2. The monoisotopic (exact) mass is 543 g/mol. The molecular formula is C26H27BrClN3O3. The van der Waals surface area contributed by atoms with Gasteiger partial charge in [-0.1, -0.05) is 45.7 Å². The molecule has 3 aromatic rings. The smallest absolute Gasteiger partial charge is 0.303 e. The summed E-state index contributed by atoms with van der Waals surface area (Å²) < 4.78 is 0.875. The molecule has 1 aliphatic heterocycles. The molecule has 1 fully saturated rings. The van der Waals surface area contributed by atoms with Gasteiger partial charge in [-0.3, -0.25) is 9.59 Å². The molecule has 0 aliphatic carbocycles. The van der Waals surface area contributed by atoms with Crippen LogP contribution in [0.1, 0.15) is 53.1 Å². The molecule has 1 amide bonds. The van der Waals surface area contributed by atoms with Gasteiger partial charge in [0.15, 0.2) is 0 Å². The molecule has 2 aromatic carbocycles. The van der Waals surface area contributed by atoms with Gasteiger partial charge in [0.25, 0.3) is 5.91 Å². The van der Waals surface area contributed by atoms with E-state index in [0.717, 1.165) is 58.3 Å². The Labute approximate surface area is 212 Å². The van der Waals surface area contributed by atoms with Crippen LogP contribution in [0.4, 0.5) is 5.82 Å². The van der Waals surface area contributed by atoms with E-state index in [-0.39, 0.29) is 24.8 Å². The molecule has 0 unspecified atom stereocenters. The van der Waals surface area contributed by atoms with E-state index in [9.17, 15) is 14.7 Å². The SMILES string of the molecule is Cc1c(N2CCCC2)nc2ccc(Br)cc2c1C(=O)NC[C@@H](CCC(=O)O)c1ccccc1Cl. The molecule has 178 valence electrons. The van der Waals surface area contributed by atoms with Gasteiger partial charge >= 0.3 is 5.97 Å². The minimum atomic E-state index is -0.876. The number of fused-ring (bicyclic) bond motifs is 1. The summed E-state index contributed by atoms with van der Waals surface area (Å²) in [5.74, 6) is -0.437. The number of pyridine rings is 1. The summed E-state index contributed by atoms with van der Waals surface area (Å²) in [6.45, 7) is 4.10. The summed E-state index contributed by atoms with van der Waals surface area (Å²) in [7, 11) is 0. The van der Waals surface area contributed by atoms with E-state index < -0.39 is 5.97 Å². The Kier molecular flexibility index (Phi) is 7.73. The van der Waals surface area contributed by atoms with Crippen molar-refractivity contribution < 1.29 is 14.7 Å². The van der Waals surface area contributed by atoms with Crippen molar-refractivity contribution in [1.29, 1.82) is 0 Å². The maximum atomic E-state index is 13.6. The van der Waals surface area contributed by atoms with E-state index in [4.69, 9.17) is 16.6 Å². The fraction of sp³-hybridized carbons (Fsp3) is 0.346. The highest BCUT2D eigenvalue weighted by molar-refractivity contribution is 9.10. The molecule has 1 aliphatic rings. The molecular weight excluding hydrogens is 518 g/mol. The number of hydrogen-bond acceptors (Lipinski definition) is 4. The van der Waals surface area contributed by atoms with Crippen molar-refractivity contribution in [1.82, 2.24) is 10.3 Å². The van der Waals surface area contributed by atoms with E-state index in [2.05, 4.69) is 26.1 Å². The third kappa shape index (κ3) is 5.36. The van der Waals surface area contributed by atoms with Crippen molar-refractivity contribution >= 4 is 56.1 Å². The van der Waals surface area contributed by atoms with Gasteiger partial charge < -0.3 is 15.3 Å². The van der Waals surface area contributed by atoms with Gasteiger partial charge in [-0.05, 0) is 56.0 Å². The minimum absolute atomic E-state index is 0.00493. The van der Waals surface area contributed by atoms with Crippen LogP contribution in [-0.4, -0.2) is 41.6 Å². The largest absolute Gasteiger partial charge is 0.481 e. The predicted molar refractivity (Wildman–Crippen MR) is 139 cm³/mol. The lowest BCUT2D eigenvalue weighted by molar-refractivity contribution is -0.137. The number of carboxylic acids is 1. The van der Waals surface area contributed by atoms with Gasteiger partial charge in [0.1, 0.15) is 5.82 Å². The van der Waals surface area contributed by atoms with Crippen molar-refractivity contribution in [2.75, 3.05) is 24.5 Å². The van der Waals surface area contributed by atoms with Crippen LogP contribution >= 0.6 is 27.5 Å². The number of benzene rings is 2. The highest BCUT2D eigenvalue weighted by Crippen LogP contribution is 2.32. The molecule has 8 heteroatoms. The Balaban J connectivity index is 1.67. The fourth-order valence-corrected chi connectivity index (χ4v) is 5.27. The lowest BCUT2D eigenvalue weighted by Gasteiger charge is -2.23. The Morgan fingerprint density at radius 3 is 2.65 bits per heavy atom. The molecule has 1 aromatic heterocycles. The van der Waals surface area contributed by atoms with Crippen molar-refractivity contribution in [2.45, 2.75) is 38.5 Å². The van der Waals surface area contributed by atoms with Crippen LogP contribution in [0.25, 0.3) is 10.9 Å². The number of amides is 1. The van der Waals surface area contributed by atoms with Crippen LogP contribution in [-0.2, 0) is 4.79 Å². The Morgan fingerprint density at radius 1 is 1.21 bits per heavy atom. The Morgan fingerprint density at radius 2 is 1.94 bits per heavy atom. The van der Waals surface area contributed by atoms with Gasteiger partial charge in [-0.15, -0.1) is 0 Å². The number of aromatic nitrogens is 1. The summed E-state index contributed by atoms with van der Waals surface area (Å²) in [5.41, 5.74) is 3.06. The average Bonchev–Trinajstić information content (AvgIpc) is 3.34. The van der Waals surface area contributed by atoms with Crippen LogP contribution in [0.3, 0.4) is 0 Å². The van der Waals surface area contributed by atoms with E-state index >= 15 is 0 Å². The lowest BCUT2D eigenvalue weighted by Crippen LogP contribution is -2.30. The number of nitrogens with one attached hydrogen (secondary N) is 1. The molecule has 0 saturated carbocycles. The quantitative estimate of drug-likeness (QED) is 0.367. The minimum Gasteiger partial charge on any atom is -0.481 e. The maximum Gasteiger partial charge on any atom is 0.303 e. The van der Waals surface area contributed by atoms with Gasteiger partial charge in [-0.25, -0.2) is 4.98 Å². The first-order valence-electron chi connectivity index (χ1n) is 11.4. The summed E-state index contributed by atoms with van der Waals surface area (Å²) in [6.07, 6.45) is 2.60. The van der Waals surface area contributed by atoms with Crippen molar-refractivity contribution in [3.05, 3.63) is 68.7 Å². The molecule has 1 atom stereocenters. The van der Waals surface area contributed by atoms with Crippen molar-refractivity contribution in [3.8, 4) is 0 Å². The number of anilines is 1. The highest BCUT2D eigenvalue weighted by atomic mass is 79.9. The lowest BCUT2D eigenvalue weighted by atomic mass is 9.93. The zero-order chi connectivity index (χ0) is 24.2. The second-order valence-electron chi connectivity index (χ2n) is 8.65. The molecule has 34 heavy (non-hydrogen) atoms. The third-order valence-electron chi connectivity index (χ3n) is 6.36. The van der Waals surface area contributed by atoms with Gasteiger partial charge in [-0.2, -0.15) is 0 Å². The topological polar surface area (TPSA) is 82.5 Å². The van der Waals surface area contributed by atoms with Crippen LogP contribution in [0.15, 0.2) is 46.9 Å². The van der Waals surface area contributed by atoms with Crippen molar-refractivity contribution in [2.24, 2.45) is 0 Å². The Hall–Kier alpha value is -2.64. The average molecular weight is 545 g/mol. The third-order valence-corrected chi connectivity index (χ3v) is 7.20. The van der Waals surface area contributed by atoms with E-state index in [1.54, 1.807) is 6.07 Å². The number of carbonyl (C=O) groups is 2. The fourth-order valence-electron chi connectivity index (χ4n) is 4.62. The van der Waals surface area contributed by atoms with Crippen LogP contribution in [0.5, 0.6) is 0 Å². The van der Waals surface area contributed by atoms with Gasteiger partial charge in [0.05, 0.1) is 11.1 Å². The molecule has 0 bridgehead atoms. The van der Waals surface area contributed by atoms with Crippen LogP contribution < -0.4 is 10.2 Å². The first-order chi connectivity index (χ1) is 16.3. The van der Waals surface area contributed by atoms with Gasteiger partial charge in [0.2, 0.25) is 0 Å². The maximum absolute atomic E-state index is 13.6. The standard InChI is InChI=1S/C26H27BrClN3O3/c1-16-24(20-14-18(27)9-10-22(20)30-25(16)31-12-4-5-13-31)26(34)29-15-17(8-11-23(32)33)19-6-2-3-7-21(19)28/h2-3,6-7,9-10,14,17H,4-5,8,11-13,15H2,1H3,(H,29,34)(H,32,33)/t17-/m1/s1. The summed E-state index contributed by atoms with van der Waals surface area (Å²) in [5, 5.41) is 13.6. The van der Waals surface area contributed by atoms with E-state index in [1.807, 2.05) is 43.3 Å². The first kappa shape index (κ1) is 24.5. The molecule has 1 saturated heterocycles. The predicted octanol–water partition coefficient (Wildman–Crippen LogP) is 5.94. The number of carboxylic acid groups (broad SMARTS) is 1. The number of rotatable bonds is 8. The zero-order valence-corrected chi connectivity index (χ0v) is 21.3. The van der Waals surface area contributed by atoms with Crippen molar-refractivity contribution in [3.63, 3.8) is 0 Å². The number of carbonyl (C=O) groups excluding carboxylic acids is 1. The molecule has 4 rings (SSSR count). The van der Waals surface area contributed by atoms with Crippen LogP contribution in [0.2, 0.25) is 5.02 Å². The summed E-state index contributed by atoms with van der Waals surface area (Å²) in [6, 6.07) is 13.2. The van der Waals surface area contributed by atoms with Gasteiger partial charge in [0, 0.05) is 52.4 Å². The first-order valence-corrected chi connectivity index (χ1v) is 12.6. The Bertz CT molecular complexity index is 1230. The number of halogens is 2. The molecule has 0 spiro atoms. The molecule has 2 heterocycles. The van der Waals surface area contributed by atoms with E-state index in [1.165, 1.54) is 0 Å². The molecule has 0 radical (unpaired) electrons. The normalized spacial score (nSPS) is 14.4. The van der Waals surface area contributed by atoms with Crippen LogP contribution in [0, 0.1) is 6.92 Å². The number of aliphatic carboxylic acids is 1. The second-order valence-corrected chi connectivity index (χ2v) is 9.97. The molecule has 2 N–H and O–H groups in total. The summed E-state index contributed by atoms with van der Waals surface area (Å²) >= 11 is 9.92. The highest BCUT2D eigenvalue weighted by Gasteiger charge is 2.24. The summed E-state index contributed by atoms with van der Waals surface area (Å²) in [4.78, 5) is 32.0. The number of hydrogen-bond donors (Lipinski definition) is 2. The molecule has 6 nitrogen and oxygen atoms in total. The second kappa shape index (κ2) is 10.7.